The van der Waals surface area contributed by atoms with Crippen LogP contribution in [-0.4, -0.2) is 57.1 Å². The Bertz CT molecular complexity index is 1500. The normalized spacial score (nSPS) is 11.7. The lowest BCUT2D eigenvalue weighted by atomic mass is 10.1. The van der Waals surface area contributed by atoms with E-state index in [9.17, 15) is 18.3 Å². The van der Waals surface area contributed by atoms with Gasteiger partial charge in [-0.2, -0.15) is 0 Å². The number of nitrogens with one attached hydrogen (secondary N) is 2. The molecule has 1 heterocycles. The Morgan fingerprint density at radius 2 is 1.74 bits per heavy atom. The number of aromatic hydroxyl groups is 1. The molecule has 0 unspecified atom stereocenters. The van der Waals surface area contributed by atoms with Crippen LogP contribution in [0.25, 0.3) is 10.2 Å². The fraction of sp³-hybridized carbons (Fsp3) is 0.345. The lowest BCUT2D eigenvalue weighted by Gasteiger charge is -2.25. The number of rotatable bonds is 15. The molecule has 0 saturated heterocycles. The fourth-order valence-corrected chi connectivity index (χ4v) is 6.31. The molecule has 4 aromatic rings. The monoisotopic (exact) mass is 569 g/mol. The van der Waals surface area contributed by atoms with Crippen LogP contribution in [-0.2, 0) is 27.6 Å². The lowest BCUT2D eigenvalue weighted by Crippen LogP contribution is -2.33. The molecule has 208 valence electrons. The van der Waals surface area contributed by atoms with E-state index < -0.39 is 10.0 Å². The first-order valence-electron chi connectivity index (χ1n) is 13.0. The molecule has 3 N–H and O–H groups in total. The number of fused-ring (bicyclic) bond motifs is 1. The number of benzene rings is 3. The number of ether oxygens (including phenoxy) is 1. The Labute approximate surface area is 233 Å². The first kappa shape index (κ1) is 28.8. The average molecular weight is 570 g/mol. The quantitative estimate of drug-likeness (QED) is 0.185. The summed E-state index contributed by atoms with van der Waals surface area (Å²) in [6, 6.07) is 21.6. The second kappa shape index (κ2) is 13.7. The number of nitrogens with zero attached hydrogens (tertiary/aromatic N) is 1. The highest BCUT2D eigenvalue weighted by molar-refractivity contribution is 7.89. The van der Waals surface area contributed by atoms with Crippen LogP contribution < -0.4 is 14.5 Å². The van der Waals surface area contributed by atoms with Crippen molar-refractivity contribution < 1.29 is 18.3 Å². The van der Waals surface area contributed by atoms with Gasteiger partial charge in [-0.15, -0.1) is 0 Å². The van der Waals surface area contributed by atoms with Crippen molar-refractivity contribution in [1.29, 1.82) is 0 Å². The summed E-state index contributed by atoms with van der Waals surface area (Å²) in [5.74, 6) is 0.0733. The van der Waals surface area contributed by atoms with Gasteiger partial charge in [0, 0.05) is 25.3 Å². The molecule has 0 fully saturated rings. The van der Waals surface area contributed by atoms with Crippen molar-refractivity contribution in [3.05, 3.63) is 93.1 Å². The molecular weight excluding hydrogens is 534 g/mol. The van der Waals surface area contributed by atoms with Gasteiger partial charge in [0.25, 0.3) is 0 Å². The third-order valence-electron chi connectivity index (χ3n) is 6.48. The number of hydrogen-bond donors (Lipinski definition) is 3. The molecule has 1 aromatic heterocycles. The van der Waals surface area contributed by atoms with E-state index in [-0.39, 0.29) is 22.9 Å². The molecule has 8 nitrogen and oxygen atoms in total. The summed E-state index contributed by atoms with van der Waals surface area (Å²) >= 11 is 1.09. The van der Waals surface area contributed by atoms with Gasteiger partial charge in [0.1, 0.15) is 11.3 Å². The van der Waals surface area contributed by atoms with E-state index >= 15 is 0 Å². The second-order valence-corrected chi connectivity index (χ2v) is 12.4. The van der Waals surface area contributed by atoms with Crippen molar-refractivity contribution in [2.45, 2.75) is 26.2 Å². The van der Waals surface area contributed by atoms with Crippen molar-refractivity contribution in [1.82, 2.24) is 9.71 Å². The van der Waals surface area contributed by atoms with Crippen LogP contribution in [0.1, 0.15) is 23.1 Å². The number of sulfonamides is 1. The molecule has 4 rings (SSSR count). The van der Waals surface area contributed by atoms with E-state index in [4.69, 9.17) is 4.74 Å². The number of para-hydroxylation sites is 1. The summed E-state index contributed by atoms with van der Waals surface area (Å²) in [6.07, 6.45) is 1.90. The van der Waals surface area contributed by atoms with Gasteiger partial charge in [-0.1, -0.05) is 65.4 Å². The maximum atomic E-state index is 12.6. The SMILES string of the molecule is Cc1ccc(CCOCCNS(=O)(=O)CCCN(CCc2ccc(O)c3[nH]c(=O)sc23)c2ccccc2)cc1. The zero-order valence-electron chi connectivity index (χ0n) is 22.1. The third-order valence-corrected chi connectivity index (χ3v) is 8.90. The van der Waals surface area contributed by atoms with Gasteiger partial charge in [0.2, 0.25) is 10.0 Å². The number of H-pyrrole nitrogens is 1. The summed E-state index contributed by atoms with van der Waals surface area (Å²) in [5, 5.41) is 10.1. The average Bonchev–Trinajstić information content (AvgIpc) is 3.33. The number of phenolic OH excluding ortho intramolecular Hbond substituents is 1. The Morgan fingerprint density at radius 1 is 0.974 bits per heavy atom. The van der Waals surface area contributed by atoms with E-state index in [1.807, 2.05) is 36.4 Å². The zero-order chi connectivity index (χ0) is 27.7. The van der Waals surface area contributed by atoms with E-state index in [1.165, 1.54) is 11.1 Å². The van der Waals surface area contributed by atoms with E-state index in [0.717, 1.165) is 33.7 Å². The van der Waals surface area contributed by atoms with Gasteiger partial charge < -0.3 is 19.7 Å². The summed E-state index contributed by atoms with van der Waals surface area (Å²) in [7, 11) is -3.42. The zero-order valence-corrected chi connectivity index (χ0v) is 23.7. The van der Waals surface area contributed by atoms with Crippen molar-refractivity contribution >= 4 is 37.3 Å². The summed E-state index contributed by atoms with van der Waals surface area (Å²) < 4.78 is 34.1. The molecule has 0 amide bonds. The van der Waals surface area contributed by atoms with Gasteiger partial charge in [-0.05, 0) is 55.5 Å². The number of thiazole rings is 1. The van der Waals surface area contributed by atoms with Crippen LogP contribution in [0.5, 0.6) is 5.75 Å². The van der Waals surface area contributed by atoms with Crippen molar-refractivity contribution in [2.24, 2.45) is 0 Å². The number of aromatic nitrogens is 1. The topological polar surface area (TPSA) is 112 Å². The summed E-state index contributed by atoms with van der Waals surface area (Å²) in [4.78, 5) is 16.5. The van der Waals surface area contributed by atoms with Gasteiger partial charge >= 0.3 is 4.87 Å². The molecule has 39 heavy (non-hydrogen) atoms. The first-order valence-corrected chi connectivity index (χ1v) is 15.5. The molecule has 0 aliphatic carbocycles. The van der Waals surface area contributed by atoms with Crippen LogP contribution >= 0.6 is 11.3 Å². The minimum atomic E-state index is -3.42. The Hall–Kier alpha value is -3.18. The molecule has 0 atom stereocenters. The highest BCUT2D eigenvalue weighted by atomic mass is 32.2. The smallest absolute Gasteiger partial charge is 0.305 e. The minimum absolute atomic E-state index is 0.0164. The van der Waals surface area contributed by atoms with Gasteiger partial charge in [-0.25, -0.2) is 13.1 Å². The lowest BCUT2D eigenvalue weighted by molar-refractivity contribution is 0.142. The van der Waals surface area contributed by atoms with Crippen LogP contribution in [0.3, 0.4) is 0 Å². The van der Waals surface area contributed by atoms with Crippen molar-refractivity contribution in [3.63, 3.8) is 0 Å². The molecule has 0 saturated carbocycles. The van der Waals surface area contributed by atoms with Crippen LogP contribution in [0.2, 0.25) is 0 Å². The number of hydrogen-bond acceptors (Lipinski definition) is 7. The summed E-state index contributed by atoms with van der Waals surface area (Å²) in [5.41, 5.74) is 4.84. The van der Waals surface area contributed by atoms with Crippen LogP contribution in [0.15, 0.2) is 71.5 Å². The number of anilines is 1. The van der Waals surface area contributed by atoms with Crippen molar-refractivity contribution in [2.75, 3.05) is 43.5 Å². The predicted octanol–water partition coefficient (Wildman–Crippen LogP) is 4.22. The standard InChI is InChI=1S/C29H35N3O5S2/c1-22-8-10-23(11-9-22)15-19-37-20-16-30-39(35,36)21-5-17-32(25-6-3-2-4-7-25)18-14-24-12-13-26(33)27-28(24)38-29(34)31-27/h2-4,6-13,30,33H,5,14-21H2,1H3,(H,31,34). The summed E-state index contributed by atoms with van der Waals surface area (Å²) in [6.45, 7) is 4.36. The van der Waals surface area contributed by atoms with Crippen LogP contribution in [0, 0.1) is 6.92 Å². The highest BCUT2D eigenvalue weighted by Crippen LogP contribution is 2.28. The second-order valence-electron chi connectivity index (χ2n) is 9.45. The highest BCUT2D eigenvalue weighted by Gasteiger charge is 2.14. The fourth-order valence-electron chi connectivity index (χ4n) is 4.37. The molecule has 0 radical (unpaired) electrons. The van der Waals surface area contributed by atoms with Crippen LogP contribution in [0.4, 0.5) is 5.69 Å². The molecule has 0 bridgehead atoms. The first-order chi connectivity index (χ1) is 18.8. The maximum Gasteiger partial charge on any atom is 0.305 e. The molecule has 0 spiro atoms. The van der Waals surface area contributed by atoms with E-state index in [0.29, 0.717) is 44.7 Å². The van der Waals surface area contributed by atoms with Gasteiger partial charge in [0.05, 0.1) is 23.7 Å². The van der Waals surface area contributed by atoms with Gasteiger partial charge in [0.15, 0.2) is 0 Å². The van der Waals surface area contributed by atoms with Gasteiger partial charge in [-0.3, -0.25) is 4.79 Å². The Kier molecular flexibility index (Phi) is 10.2. The number of aryl methyl sites for hydroxylation is 1. The van der Waals surface area contributed by atoms with Crippen molar-refractivity contribution in [3.8, 4) is 5.75 Å². The minimum Gasteiger partial charge on any atom is -0.506 e. The Morgan fingerprint density at radius 3 is 2.51 bits per heavy atom. The number of phenols is 1. The molecule has 0 aliphatic heterocycles. The Balaban J connectivity index is 1.24. The predicted molar refractivity (Wildman–Crippen MR) is 159 cm³/mol. The molecule has 0 aliphatic rings. The largest absolute Gasteiger partial charge is 0.506 e. The van der Waals surface area contributed by atoms with E-state index in [1.54, 1.807) is 6.07 Å². The third kappa shape index (κ3) is 8.66. The molecule has 10 heteroatoms. The molecular formula is C29H35N3O5S2. The number of aromatic amines is 1. The van der Waals surface area contributed by atoms with E-state index in [2.05, 4.69) is 45.8 Å². The maximum absolute atomic E-state index is 12.6. The molecule has 3 aromatic carbocycles.